The van der Waals surface area contributed by atoms with Gasteiger partial charge in [-0.15, -0.1) is 0 Å². The Morgan fingerprint density at radius 1 is 1.46 bits per heavy atom. The Kier molecular flexibility index (Phi) is 7.54. The fourth-order valence-electron chi connectivity index (χ4n) is 0.882. The molecule has 0 aliphatic carbocycles. The van der Waals surface area contributed by atoms with Crippen LogP contribution in [-0.2, 0) is 14.3 Å². The van der Waals surface area contributed by atoms with E-state index in [1.165, 1.54) is 12.7 Å². The van der Waals surface area contributed by atoms with Crippen LogP contribution in [0.1, 0.15) is 26.7 Å². The molecule has 0 N–H and O–H groups in total. The minimum absolute atomic E-state index is 0.179. The van der Waals surface area contributed by atoms with Crippen LogP contribution in [0, 0.1) is 0 Å². The zero-order valence-corrected chi connectivity index (χ0v) is 8.58. The van der Waals surface area contributed by atoms with E-state index in [-0.39, 0.29) is 12.9 Å². The van der Waals surface area contributed by atoms with Gasteiger partial charge in [0.15, 0.2) is 0 Å². The summed E-state index contributed by atoms with van der Waals surface area (Å²) in [5.74, 6) is 0. The first-order chi connectivity index (χ1) is 6.20. The molecule has 0 aromatic carbocycles. The third-order valence-electron chi connectivity index (χ3n) is 1.56. The van der Waals surface area contributed by atoms with Gasteiger partial charge in [-0.25, -0.2) is 0 Å². The molecule has 0 aliphatic rings. The van der Waals surface area contributed by atoms with Gasteiger partial charge < -0.3 is 14.3 Å². The van der Waals surface area contributed by atoms with Gasteiger partial charge in [0, 0.05) is 7.11 Å². The summed E-state index contributed by atoms with van der Waals surface area (Å²) in [7, 11) is 1.54. The maximum absolute atomic E-state index is 10.5. The van der Waals surface area contributed by atoms with E-state index >= 15 is 0 Å². The third kappa shape index (κ3) is 7.68. The number of methoxy groups -OCH3 is 1. The third-order valence-corrected chi connectivity index (χ3v) is 1.56. The van der Waals surface area contributed by atoms with E-state index in [1.54, 1.807) is 0 Å². The first kappa shape index (κ1) is 12.3. The molecular weight excluding hydrogens is 168 g/mol. The van der Waals surface area contributed by atoms with Gasteiger partial charge >= 0.3 is 0 Å². The van der Waals surface area contributed by atoms with Crippen LogP contribution in [0.3, 0.4) is 0 Å². The Hall–Kier alpha value is -0.670. The van der Waals surface area contributed by atoms with Crippen molar-refractivity contribution in [1.29, 1.82) is 0 Å². The van der Waals surface area contributed by atoms with Gasteiger partial charge in [0.1, 0.15) is 19.2 Å². The van der Waals surface area contributed by atoms with Crippen LogP contribution in [0.15, 0.2) is 11.6 Å². The number of carbonyl (C=O) groups excluding carboxylic acids is 1. The second kappa shape index (κ2) is 7.95. The normalized spacial score (nSPS) is 12.2. The molecule has 0 spiro atoms. The molecule has 3 nitrogen and oxygen atoms in total. The van der Waals surface area contributed by atoms with Crippen LogP contribution in [-0.4, -0.2) is 26.3 Å². The molecule has 0 bridgehead atoms. The summed E-state index contributed by atoms with van der Waals surface area (Å²) in [6.07, 6.45) is 4.16. The number of hydrogen-bond acceptors (Lipinski definition) is 3. The van der Waals surface area contributed by atoms with Crippen molar-refractivity contribution in [1.82, 2.24) is 0 Å². The summed E-state index contributed by atoms with van der Waals surface area (Å²) in [6, 6.07) is 0. The molecule has 0 saturated heterocycles. The number of carbonyl (C=O) groups is 1. The summed E-state index contributed by atoms with van der Waals surface area (Å²) in [4.78, 5) is 10.5. The highest BCUT2D eigenvalue weighted by Crippen LogP contribution is 2.03. The number of hydrogen-bond donors (Lipinski definition) is 0. The van der Waals surface area contributed by atoms with Crippen molar-refractivity contribution in [3.63, 3.8) is 0 Å². The van der Waals surface area contributed by atoms with Crippen molar-refractivity contribution in [3.05, 3.63) is 11.6 Å². The molecule has 0 heterocycles. The predicted octanol–water partition coefficient (Wildman–Crippen LogP) is 1.92. The van der Waals surface area contributed by atoms with Crippen molar-refractivity contribution in [2.75, 3.05) is 13.9 Å². The van der Waals surface area contributed by atoms with Crippen LogP contribution in [0.2, 0.25) is 0 Å². The zero-order valence-electron chi connectivity index (χ0n) is 8.58. The standard InChI is InChI=1S/C10H18O3/c1-9(2)5-4-6-10(7-11)13-8-12-3/h5,7,10H,4,6,8H2,1-3H3/t10-/m0/s1. The summed E-state index contributed by atoms with van der Waals surface area (Å²) < 4.78 is 9.81. The van der Waals surface area contributed by atoms with Crippen molar-refractivity contribution >= 4 is 6.29 Å². The second-order valence-corrected chi connectivity index (χ2v) is 3.11. The molecular formula is C10H18O3. The fraction of sp³-hybridized carbons (Fsp3) is 0.700. The van der Waals surface area contributed by atoms with E-state index in [1.807, 2.05) is 13.8 Å². The van der Waals surface area contributed by atoms with Gasteiger partial charge in [-0.1, -0.05) is 11.6 Å². The Balaban J connectivity index is 3.59. The van der Waals surface area contributed by atoms with Gasteiger partial charge in [0.2, 0.25) is 0 Å². The molecule has 0 aromatic heterocycles. The topological polar surface area (TPSA) is 35.5 Å². The maximum Gasteiger partial charge on any atom is 0.148 e. The average molecular weight is 186 g/mol. The number of aldehydes is 1. The molecule has 13 heavy (non-hydrogen) atoms. The van der Waals surface area contributed by atoms with Crippen molar-refractivity contribution in [3.8, 4) is 0 Å². The predicted molar refractivity (Wildman–Crippen MR) is 51.5 cm³/mol. The van der Waals surface area contributed by atoms with Gasteiger partial charge in [0.05, 0.1) is 0 Å². The average Bonchev–Trinajstić information content (AvgIpc) is 2.10. The Bertz CT molecular complexity index is 160. The summed E-state index contributed by atoms with van der Waals surface area (Å²) in [5, 5.41) is 0. The lowest BCUT2D eigenvalue weighted by atomic mass is 10.2. The first-order valence-electron chi connectivity index (χ1n) is 4.40. The van der Waals surface area contributed by atoms with Gasteiger partial charge in [-0.05, 0) is 26.7 Å². The SMILES string of the molecule is COCO[C@H](C=O)CCC=C(C)C. The molecule has 0 aliphatic heterocycles. The molecule has 0 radical (unpaired) electrons. The smallest absolute Gasteiger partial charge is 0.148 e. The molecule has 0 fully saturated rings. The van der Waals surface area contributed by atoms with E-state index in [9.17, 15) is 4.79 Å². The fourth-order valence-corrected chi connectivity index (χ4v) is 0.882. The van der Waals surface area contributed by atoms with E-state index < -0.39 is 0 Å². The van der Waals surface area contributed by atoms with Crippen LogP contribution in [0.4, 0.5) is 0 Å². The summed E-state index contributed by atoms with van der Waals surface area (Å²) in [5.41, 5.74) is 1.26. The van der Waals surface area contributed by atoms with Gasteiger partial charge in [-0.3, -0.25) is 0 Å². The molecule has 0 unspecified atom stereocenters. The number of allylic oxidation sites excluding steroid dienone is 2. The minimum atomic E-state index is -0.337. The minimum Gasteiger partial charge on any atom is -0.359 e. The summed E-state index contributed by atoms with van der Waals surface area (Å²) >= 11 is 0. The molecule has 76 valence electrons. The van der Waals surface area contributed by atoms with E-state index in [4.69, 9.17) is 9.47 Å². The van der Waals surface area contributed by atoms with Crippen molar-refractivity contribution in [2.45, 2.75) is 32.8 Å². The molecule has 1 atom stereocenters. The molecule has 0 saturated carbocycles. The Morgan fingerprint density at radius 3 is 2.62 bits per heavy atom. The number of ether oxygens (including phenoxy) is 2. The van der Waals surface area contributed by atoms with Gasteiger partial charge in [-0.2, -0.15) is 0 Å². The van der Waals surface area contributed by atoms with Crippen molar-refractivity contribution in [2.24, 2.45) is 0 Å². The highest BCUT2D eigenvalue weighted by atomic mass is 16.7. The van der Waals surface area contributed by atoms with E-state index in [0.29, 0.717) is 0 Å². The molecule has 0 aromatic rings. The monoisotopic (exact) mass is 186 g/mol. The van der Waals surface area contributed by atoms with Crippen LogP contribution in [0.25, 0.3) is 0 Å². The maximum atomic E-state index is 10.5. The first-order valence-corrected chi connectivity index (χ1v) is 4.40. The van der Waals surface area contributed by atoms with Crippen molar-refractivity contribution < 1.29 is 14.3 Å². The highest BCUT2D eigenvalue weighted by molar-refractivity contribution is 5.55. The molecule has 0 rings (SSSR count). The zero-order chi connectivity index (χ0) is 10.1. The lowest BCUT2D eigenvalue weighted by Crippen LogP contribution is -2.15. The van der Waals surface area contributed by atoms with Crippen LogP contribution in [0.5, 0.6) is 0 Å². The Labute approximate surface area is 79.7 Å². The number of rotatable bonds is 7. The van der Waals surface area contributed by atoms with E-state index in [0.717, 1.165) is 19.1 Å². The second-order valence-electron chi connectivity index (χ2n) is 3.11. The lowest BCUT2D eigenvalue weighted by molar-refractivity contribution is -0.127. The highest BCUT2D eigenvalue weighted by Gasteiger charge is 2.05. The van der Waals surface area contributed by atoms with Gasteiger partial charge in [0.25, 0.3) is 0 Å². The van der Waals surface area contributed by atoms with Crippen LogP contribution >= 0.6 is 0 Å². The summed E-state index contributed by atoms with van der Waals surface area (Å²) in [6.45, 7) is 4.25. The largest absolute Gasteiger partial charge is 0.359 e. The Morgan fingerprint density at radius 2 is 2.15 bits per heavy atom. The lowest BCUT2D eigenvalue weighted by Gasteiger charge is -2.09. The molecule has 0 amide bonds. The van der Waals surface area contributed by atoms with Crippen LogP contribution < -0.4 is 0 Å². The quantitative estimate of drug-likeness (QED) is 0.346. The molecule has 3 heteroatoms. The van der Waals surface area contributed by atoms with E-state index in [2.05, 4.69) is 6.08 Å².